The Kier molecular flexibility index (Phi) is 5.80. The standard InChI is InChI=1S/C26H30FN3O2/c1-25(2,3)26(14-6-15-30(26)24(31)32)22-8-5-4-7-21(22)23-17-28-18-29(23)16-13-19-9-11-20(27)12-10-19/h4-5,7-12,17-18H,6,13-16H2,1-3H3,(H,31,32). The Hall–Kier alpha value is -3.15. The molecule has 1 aliphatic rings. The number of carboxylic acid groups (broad SMARTS) is 1. The van der Waals surface area contributed by atoms with Gasteiger partial charge in [0.15, 0.2) is 0 Å². The second kappa shape index (κ2) is 8.41. The lowest BCUT2D eigenvalue weighted by Gasteiger charge is -2.48. The predicted molar refractivity (Wildman–Crippen MR) is 123 cm³/mol. The molecular formula is C26H30FN3O2. The van der Waals surface area contributed by atoms with E-state index in [1.807, 2.05) is 24.7 Å². The van der Waals surface area contributed by atoms with Crippen LogP contribution in [-0.4, -0.2) is 32.2 Å². The quantitative estimate of drug-likeness (QED) is 0.539. The van der Waals surface area contributed by atoms with Crippen molar-refractivity contribution >= 4 is 6.09 Å². The van der Waals surface area contributed by atoms with Crippen LogP contribution in [0.25, 0.3) is 11.3 Å². The summed E-state index contributed by atoms with van der Waals surface area (Å²) in [6, 6.07) is 14.7. The van der Waals surface area contributed by atoms with Crippen LogP contribution in [0.5, 0.6) is 0 Å². The molecule has 2 heterocycles. The molecule has 32 heavy (non-hydrogen) atoms. The van der Waals surface area contributed by atoms with E-state index in [0.29, 0.717) is 13.1 Å². The van der Waals surface area contributed by atoms with E-state index in [1.54, 1.807) is 17.0 Å². The van der Waals surface area contributed by atoms with Gasteiger partial charge in [0, 0.05) is 18.7 Å². The molecule has 1 aromatic heterocycles. The van der Waals surface area contributed by atoms with Gasteiger partial charge < -0.3 is 9.67 Å². The summed E-state index contributed by atoms with van der Waals surface area (Å²) in [4.78, 5) is 18.3. The topological polar surface area (TPSA) is 58.4 Å². The summed E-state index contributed by atoms with van der Waals surface area (Å²) in [7, 11) is 0. The largest absolute Gasteiger partial charge is 0.465 e. The number of benzene rings is 2. The first-order chi connectivity index (χ1) is 15.2. The zero-order chi connectivity index (χ0) is 22.9. The van der Waals surface area contributed by atoms with Crippen molar-refractivity contribution in [2.45, 2.75) is 52.1 Å². The van der Waals surface area contributed by atoms with E-state index in [1.165, 1.54) is 12.1 Å². The van der Waals surface area contributed by atoms with Gasteiger partial charge in [-0.05, 0) is 47.9 Å². The number of hydrogen-bond donors (Lipinski definition) is 1. The highest BCUT2D eigenvalue weighted by Gasteiger charge is 2.53. The fourth-order valence-corrected chi connectivity index (χ4v) is 5.23. The maximum Gasteiger partial charge on any atom is 0.408 e. The van der Waals surface area contributed by atoms with Crippen molar-refractivity contribution in [3.8, 4) is 11.3 Å². The van der Waals surface area contributed by atoms with Crippen LogP contribution < -0.4 is 0 Å². The van der Waals surface area contributed by atoms with Gasteiger partial charge >= 0.3 is 6.09 Å². The Morgan fingerprint density at radius 2 is 1.88 bits per heavy atom. The van der Waals surface area contributed by atoms with Gasteiger partial charge in [-0.3, -0.25) is 4.90 Å². The Labute approximate surface area is 188 Å². The lowest BCUT2D eigenvalue weighted by molar-refractivity contribution is 0.0280. The molecule has 4 rings (SSSR count). The van der Waals surface area contributed by atoms with Crippen molar-refractivity contribution in [1.29, 1.82) is 0 Å². The van der Waals surface area contributed by atoms with Crippen LogP contribution in [0.15, 0.2) is 61.1 Å². The average Bonchev–Trinajstić information content (AvgIpc) is 3.41. The molecule has 6 heteroatoms. The number of aryl methyl sites for hydroxylation is 2. The molecular weight excluding hydrogens is 405 g/mol. The minimum Gasteiger partial charge on any atom is -0.465 e. The van der Waals surface area contributed by atoms with E-state index >= 15 is 0 Å². The van der Waals surface area contributed by atoms with Crippen LogP contribution >= 0.6 is 0 Å². The third kappa shape index (κ3) is 3.78. The summed E-state index contributed by atoms with van der Waals surface area (Å²) in [6.07, 6.45) is 5.14. The second-order valence-electron chi connectivity index (χ2n) is 9.54. The van der Waals surface area contributed by atoms with Crippen LogP contribution in [0, 0.1) is 11.2 Å². The summed E-state index contributed by atoms with van der Waals surface area (Å²) >= 11 is 0. The fourth-order valence-electron chi connectivity index (χ4n) is 5.23. The third-order valence-electron chi connectivity index (χ3n) is 6.77. The Morgan fingerprint density at radius 1 is 1.16 bits per heavy atom. The first-order valence-electron chi connectivity index (χ1n) is 11.1. The number of nitrogens with zero attached hydrogens (tertiary/aromatic N) is 3. The number of halogens is 1. The fraction of sp³-hybridized carbons (Fsp3) is 0.385. The summed E-state index contributed by atoms with van der Waals surface area (Å²) < 4.78 is 15.3. The number of hydrogen-bond acceptors (Lipinski definition) is 2. The average molecular weight is 436 g/mol. The number of aromatic nitrogens is 2. The Balaban J connectivity index is 1.76. The van der Waals surface area contributed by atoms with Gasteiger partial charge in [0.25, 0.3) is 0 Å². The SMILES string of the molecule is CC(C)(C)C1(c2ccccc2-c2cncn2CCc2ccc(F)cc2)CCCN1C(=O)O. The summed E-state index contributed by atoms with van der Waals surface area (Å²) in [5.74, 6) is -0.238. The zero-order valence-electron chi connectivity index (χ0n) is 18.9. The number of carbonyl (C=O) groups is 1. The molecule has 168 valence electrons. The minimum absolute atomic E-state index is 0.238. The first kappa shape index (κ1) is 22.1. The molecule has 1 saturated heterocycles. The molecule has 0 aliphatic carbocycles. The van der Waals surface area contributed by atoms with Crippen molar-refractivity contribution in [3.05, 3.63) is 78.0 Å². The van der Waals surface area contributed by atoms with E-state index in [2.05, 4.69) is 42.5 Å². The van der Waals surface area contributed by atoms with Gasteiger partial charge in [-0.2, -0.15) is 0 Å². The van der Waals surface area contributed by atoms with Gasteiger partial charge in [0.2, 0.25) is 0 Å². The molecule has 1 aliphatic heterocycles. The molecule has 1 atom stereocenters. The van der Waals surface area contributed by atoms with Crippen molar-refractivity contribution in [2.75, 3.05) is 6.54 Å². The summed E-state index contributed by atoms with van der Waals surface area (Å²) in [5.41, 5.74) is 3.13. The number of imidazole rings is 1. The maximum absolute atomic E-state index is 13.2. The summed E-state index contributed by atoms with van der Waals surface area (Å²) in [6.45, 7) is 7.59. The summed E-state index contributed by atoms with van der Waals surface area (Å²) in [5, 5.41) is 10.1. The van der Waals surface area contributed by atoms with E-state index < -0.39 is 11.6 Å². The molecule has 5 nitrogen and oxygen atoms in total. The van der Waals surface area contributed by atoms with Crippen molar-refractivity contribution in [1.82, 2.24) is 14.5 Å². The van der Waals surface area contributed by atoms with Gasteiger partial charge in [-0.15, -0.1) is 0 Å². The molecule has 2 aromatic carbocycles. The molecule has 1 amide bonds. The Bertz CT molecular complexity index is 1100. The molecule has 1 N–H and O–H groups in total. The second-order valence-corrected chi connectivity index (χ2v) is 9.54. The lowest BCUT2D eigenvalue weighted by Crippen LogP contribution is -2.53. The highest BCUT2D eigenvalue weighted by molar-refractivity contribution is 5.71. The van der Waals surface area contributed by atoms with E-state index in [0.717, 1.165) is 41.6 Å². The minimum atomic E-state index is -0.878. The monoisotopic (exact) mass is 435 g/mol. The maximum atomic E-state index is 13.2. The third-order valence-corrected chi connectivity index (χ3v) is 6.77. The number of amides is 1. The Morgan fingerprint density at radius 3 is 2.56 bits per heavy atom. The van der Waals surface area contributed by atoms with Crippen molar-refractivity contribution in [2.24, 2.45) is 5.41 Å². The molecule has 0 saturated carbocycles. The lowest BCUT2D eigenvalue weighted by atomic mass is 9.66. The highest BCUT2D eigenvalue weighted by atomic mass is 19.1. The zero-order valence-corrected chi connectivity index (χ0v) is 18.9. The molecule has 0 bridgehead atoms. The highest BCUT2D eigenvalue weighted by Crippen LogP contribution is 2.53. The smallest absolute Gasteiger partial charge is 0.408 e. The van der Waals surface area contributed by atoms with Gasteiger partial charge in [-0.1, -0.05) is 57.2 Å². The normalized spacial score (nSPS) is 18.8. The van der Waals surface area contributed by atoms with Crippen LogP contribution in [0.2, 0.25) is 0 Å². The molecule has 3 aromatic rings. The number of rotatable bonds is 5. The van der Waals surface area contributed by atoms with Gasteiger partial charge in [0.1, 0.15) is 5.82 Å². The molecule has 1 unspecified atom stereocenters. The van der Waals surface area contributed by atoms with Crippen molar-refractivity contribution < 1.29 is 14.3 Å². The predicted octanol–water partition coefficient (Wildman–Crippen LogP) is 5.95. The van der Waals surface area contributed by atoms with Crippen LogP contribution in [0.3, 0.4) is 0 Å². The molecule has 0 spiro atoms. The van der Waals surface area contributed by atoms with Gasteiger partial charge in [-0.25, -0.2) is 14.2 Å². The molecule has 1 fully saturated rings. The van der Waals surface area contributed by atoms with Crippen LogP contribution in [0.1, 0.15) is 44.7 Å². The van der Waals surface area contributed by atoms with Crippen molar-refractivity contribution in [3.63, 3.8) is 0 Å². The van der Waals surface area contributed by atoms with Crippen LogP contribution in [-0.2, 0) is 18.5 Å². The van der Waals surface area contributed by atoms with Gasteiger partial charge in [0.05, 0.1) is 23.8 Å². The molecule has 0 radical (unpaired) electrons. The van der Waals surface area contributed by atoms with E-state index in [4.69, 9.17) is 0 Å². The number of likely N-dealkylation sites (tertiary alicyclic amines) is 1. The van der Waals surface area contributed by atoms with E-state index in [9.17, 15) is 14.3 Å². The van der Waals surface area contributed by atoms with Crippen LogP contribution in [0.4, 0.5) is 9.18 Å². The van der Waals surface area contributed by atoms with E-state index in [-0.39, 0.29) is 11.2 Å². The first-order valence-corrected chi connectivity index (χ1v) is 11.1.